The molecule has 1 unspecified atom stereocenters. The van der Waals surface area contributed by atoms with E-state index in [4.69, 9.17) is 9.47 Å². The van der Waals surface area contributed by atoms with Crippen LogP contribution in [0.1, 0.15) is 61.8 Å². The summed E-state index contributed by atoms with van der Waals surface area (Å²) in [6.45, 7) is 2.74. The van der Waals surface area contributed by atoms with E-state index in [2.05, 4.69) is 5.32 Å². The van der Waals surface area contributed by atoms with Gasteiger partial charge in [0, 0.05) is 5.57 Å². The normalized spacial score (nSPS) is 25.6. The van der Waals surface area contributed by atoms with Crippen molar-refractivity contribution in [2.24, 2.45) is 0 Å². The van der Waals surface area contributed by atoms with Gasteiger partial charge in [0.15, 0.2) is 0 Å². The summed E-state index contributed by atoms with van der Waals surface area (Å²) in [6.07, 6.45) is -1.34. The molecule has 0 spiro atoms. The van der Waals surface area contributed by atoms with Gasteiger partial charge in [-0.05, 0) is 87.5 Å². The highest BCUT2D eigenvalue weighted by Gasteiger charge is 2.44. The summed E-state index contributed by atoms with van der Waals surface area (Å²) in [5.41, 5.74) is -4.02. The lowest BCUT2D eigenvalue weighted by Crippen LogP contribution is -2.47. The van der Waals surface area contributed by atoms with Crippen molar-refractivity contribution in [3.8, 4) is 0 Å². The van der Waals surface area contributed by atoms with E-state index in [1.165, 1.54) is 13.2 Å². The second-order valence-corrected chi connectivity index (χ2v) is 9.57. The summed E-state index contributed by atoms with van der Waals surface area (Å²) in [6, 6.07) is 1.51. The lowest BCUT2D eigenvalue weighted by Gasteiger charge is -2.43. The van der Waals surface area contributed by atoms with Crippen molar-refractivity contribution >= 4 is 0 Å². The van der Waals surface area contributed by atoms with E-state index in [-0.39, 0.29) is 18.2 Å². The van der Waals surface area contributed by atoms with Crippen LogP contribution >= 0.6 is 0 Å². The number of ether oxygens (including phenoxy) is 2. The van der Waals surface area contributed by atoms with Gasteiger partial charge in [-0.2, -0.15) is 26.3 Å². The highest BCUT2D eigenvalue weighted by molar-refractivity contribution is 5.44. The summed E-state index contributed by atoms with van der Waals surface area (Å²) < 4.78 is 92.6. The Balaban J connectivity index is 1.78. The molecule has 10 heteroatoms. The third-order valence-electron chi connectivity index (χ3n) is 7.10. The molecule has 2 N–H and O–H groups in total. The van der Waals surface area contributed by atoms with Crippen LogP contribution in [-0.4, -0.2) is 36.0 Å². The maximum absolute atomic E-state index is 13.4. The van der Waals surface area contributed by atoms with Crippen molar-refractivity contribution in [3.63, 3.8) is 0 Å². The average Bonchev–Trinajstić information content (AvgIpc) is 2.84. The maximum Gasteiger partial charge on any atom is 0.416 e. The van der Waals surface area contributed by atoms with E-state index in [9.17, 15) is 31.4 Å². The Hall–Kier alpha value is -2.30. The van der Waals surface area contributed by atoms with Crippen LogP contribution in [0.15, 0.2) is 53.8 Å². The van der Waals surface area contributed by atoms with Gasteiger partial charge in [-0.15, -0.1) is 0 Å². The molecule has 4 rings (SSSR count). The Morgan fingerprint density at radius 1 is 1.00 bits per heavy atom. The number of hydrogen-bond acceptors (Lipinski definition) is 4. The summed E-state index contributed by atoms with van der Waals surface area (Å²) in [5, 5.41) is 14.7. The quantitative estimate of drug-likeness (QED) is 0.359. The monoisotopic (exact) mass is 517 g/mol. The van der Waals surface area contributed by atoms with Gasteiger partial charge in [0.05, 0.1) is 29.1 Å². The topological polar surface area (TPSA) is 50.7 Å². The number of benzene rings is 1. The number of allylic oxidation sites excluding steroid dienone is 1. The van der Waals surface area contributed by atoms with Crippen LogP contribution in [0.5, 0.6) is 0 Å². The SMILES string of the molecule is C[C@@H](OC1(C2=C(C3(O)CCNCC3)C=COC2)C=CCCC1)c1cc(C(F)(F)F)cc(C(F)(F)F)c1. The molecule has 3 aliphatic rings. The second kappa shape index (κ2) is 9.87. The molecule has 1 aromatic rings. The molecule has 36 heavy (non-hydrogen) atoms. The van der Waals surface area contributed by atoms with Gasteiger partial charge in [-0.3, -0.25) is 0 Å². The zero-order valence-electron chi connectivity index (χ0n) is 19.8. The maximum atomic E-state index is 13.4. The first-order valence-electron chi connectivity index (χ1n) is 11.9. The molecule has 0 saturated carbocycles. The summed E-state index contributed by atoms with van der Waals surface area (Å²) in [7, 11) is 0. The molecular formula is C26H29F6NO3. The molecule has 0 radical (unpaired) electrons. The van der Waals surface area contributed by atoms with Gasteiger partial charge >= 0.3 is 12.4 Å². The van der Waals surface area contributed by atoms with Crippen molar-refractivity contribution in [1.82, 2.24) is 5.32 Å². The smallest absolute Gasteiger partial charge is 0.416 e. The number of nitrogens with one attached hydrogen (secondary N) is 1. The number of alkyl halides is 6. The lowest BCUT2D eigenvalue weighted by atomic mass is 9.74. The highest BCUT2D eigenvalue weighted by Crippen LogP contribution is 2.45. The second-order valence-electron chi connectivity index (χ2n) is 9.57. The van der Waals surface area contributed by atoms with Gasteiger partial charge in [0.1, 0.15) is 12.2 Å². The van der Waals surface area contributed by atoms with Gasteiger partial charge in [0.2, 0.25) is 0 Å². The van der Waals surface area contributed by atoms with E-state index in [1.54, 1.807) is 12.2 Å². The molecule has 2 atom stereocenters. The molecule has 1 fully saturated rings. The Bertz CT molecular complexity index is 1020. The standard InChI is InChI=1S/C26H29F6NO3/c1-17(18-13-19(25(27,28)29)15-20(14-18)26(30,31)32)36-24(6-3-2-4-7-24)22-16-35-12-5-21(22)23(34)8-10-33-11-9-23/h3,5-6,12-15,17,33-34H,2,4,7-11,16H2,1H3/t17-,24?/m1/s1. The van der Waals surface area contributed by atoms with Crippen LogP contribution in [0.4, 0.5) is 26.3 Å². The average molecular weight is 518 g/mol. The molecule has 2 aliphatic heterocycles. The molecule has 198 valence electrons. The molecular weight excluding hydrogens is 488 g/mol. The van der Waals surface area contributed by atoms with Gasteiger partial charge < -0.3 is 19.9 Å². The van der Waals surface area contributed by atoms with Gasteiger partial charge in [-0.1, -0.05) is 12.2 Å². The van der Waals surface area contributed by atoms with E-state index >= 15 is 0 Å². The Morgan fingerprint density at radius 2 is 1.64 bits per heavy atom. The lowest BCUT2D eigenvalue weighted by molar-refractivity contribution is -0.143. The first-order valence-corrected chi connectivity index (χ1v) is 11.9. The fraction of sp³-hybridized carbons (Fsp3) is 0.538. The summed E-state index contributed by atoms with van der Waals surface area (Å²) >= 11 is 0. The van der Waals surface area contributed by atoms with Crippen LogP contribution in [0, 0.1) is 0 Å². The van der Waals surface area contributed by atoms with Gasteiger partial charge in [-0.25, -0.2) is 0 Å². The van der Waals surface area contributed by atoms with Crippen molar-refractivity contribution in [1.29, 1.82) is 0 Å². The zero-order chi connectivity index (χ0) is 26.2. The van der Waals surface area contributed by atoms with E-state index in [0.717, 1.165) is 6.42 Å². The molecule has 1 saturated heterocycles. The van der Waals surface area contributed by atoms with Crippen molar-refractivity contribution < 1.29 is 40.9 Å². The van der Waals surface area contributed by atoms with Crippen LogP contribution in [0.2, 0.25) is 0 Å². The predicted octanol–water partition coefficient (Wildman–Crippen LogP) is 6.24. The minimum atomic E-state index is -4.95. The molecule has 0 bridgehead atoms. The molecule has 1 aromatic carbocycles. The fourth-order valence-corrected chi connectivity index (χ4v) is 5.18. The number of rotatable bonds is 5. The molecule has 0 amide bonds. The first kappa shape index (κ1) is 26.8. The van der Waals surface area contributed by atoms with Crippen LogP contribution in [-0.2, 0) is 21.8 Å². The predicted molar refractivity (Wildman–Crippen MR) is 121 cm³/mol. The molecule has 4 nitrogen and oxygen atoms in total. The van der Waals surface area contributed by atoms with Crippen LogP contribution < -0.4 is 5.32 Å². The Morgan fingerprint density at radius 3 is 2.19 bits per heavy atom. The molecule has 1 aliphatic carbocycles. The number of hydrogen-bond donors (Lipinski definition) is 2. The third-order valence-corrected chi connectivity index (χ3v) is 7.10. The minimum Gasteiger partial charge on any atom is -0.497 e. The van der Waals surface area contributed by atoms with Gasteiger partial charge in [0.25, 0.3) is 0 Å². The molecule has 2 heterocycles. The third kappa shape index (κ3) is 5.50. The molecule has 0 aromatic heterocycles. The largest absolute Gasteiger partial charge is 0.497 e. The summed E-state index contributed by atoms with van der Waals surface area (Å²) in [5.74, 6) is 0. The highest BCUT2D eigenvalue weighted by atomic mass is 19.4. The summed E-state index contributed by atoms with van der Waals surface area (Å²) in [4.78, 5) is 0. The minimum absolute atomic E-state index is 0.0923. The van der Waals surface area contributed by atoms with Crippen LogP contribution in [0.3, 0.4) is 0 Å². The zero-order valence-corrected chi connectivity index (χ0v) is 19.8. The van der Waals surface area contributed by atoms with E-state index in [0.29, 0.717) is 62.1 Å². The van der Waals surface area contributed by atoms with Crippen molar-refractivity contribution in [2.75, 3.05) is 19.7 Å². The van der Waals surface area contributed by atoms with E-state index in [1.807, 2.05) is 6.08 Å². The Kier molecular flexibility index (Phi) is 7.34. The van der Waals surface area contributed by atoms with Crippen molar-refractivity contribution in [2.45, 2.75) is 68.7 Å². The first-order chi connectivity index (χ1) is 16.8. The van der Waals surface area contributed by atoms with Crippen LogP contribution in [0.25, 0.3) is 0 Å². The Labute approximate surface area is 205 Å². The fourth-order valence-electron chi connectivity index (χ4n) is 5.18. The number of aliphatic hydroxyl groups is 1. The number of halogens is 6. The van der Waals surface area contributed by atoms with E-state index < -0.39 is 40.8 Å². The van der Waals surface area contributed by atoms with Crippen molar-refractivity contribution in [3.05, 3.63) is 70.5 Å². The number of piperidine rings is 1.